The number of para-hydroxylation sites is 5. The van der Waals surface area contributed by atoms with Crippen LogP contribution < -0.4 is 9.80 Å². The molecule has 1 heterocycles. The summed E-state index contributed by atoms with van der Waals surface area (Å²) in [4.78, 5) is 4.94. The second-order valence-corrected chi connectivity index (χ2v) is 10.3. The molecule has 0 aromatic heterocycles. The first-order valence-corrected chi connectivity index (χ1v) is 12.6. The maximum absolute atomic E-state index is 2.47. The molecule has 0 N–H and O–H groups in total. The van der Waals surface area contributed by atoms with Crippen molar-refractivity contribution in [2.75, 3.05) is 9.80 Å². The lowest BCUT2D eigenvalue weighted by Gasteiger charge is -2.47. The van der Waals surface area contributed by atoms with Gasteiger partial charge in [-0.2, -0.15) is 0 Å². The van der Waals surface area contributed by atoms with E-state index in [1.54, 1.807) is 0 Å². The lowest BCUT2D eigenvalue weighted by atomic mass is 9.92. The van der Waals surface area contributed by atoms with Crippen LogP contribution in [-0.4, -0.2) is 5.54 Å². The summed E-state index contributed by atoms with van der Waals surface area (Å²) in [5, 5.41) is 0. The van der Waals surface area contributed by atoms with E-state index in [4.69, 9.17) is 0 Å². The molecule has 5 aromatic carbocycles. The molecule has 0 saturated heterocycles. The molecule has 176 valence electrons. The van der Waals surface area contributed by atoms with Gasteiger partial charge >= 0.3 is 0 Å². The van der Waals surface area contributed by atoms with Crippen LogP contribution in [0.15, 0.2) is 127 Å². The van der Waals surface area contributed by atoms with Crippen LogP contribution in [0.4, 0.5) is 28.4 Å². The van der Waals surface area contributed by atoms with Gasteiger partial charge in [0, 0.05) is 16.7 Å². The van der Waals surface area contributed by atoms with E-state index in [9.17, 15) is 0 Å². The zero-order valence-corrected chi connectivity index (χ0v) is 21.0. The summed E-state index contributed by atoms with van der Waals surface area (Å²) in [5.74, 6) is 0. The van der Waals surface area contributed by atoms with E-state index >= 15 is 0 Å². The van der Waals surface area contributed by atoms with Crippen molar-refractivity contribution < 1.29 is 0 Å². The third kappa shape index (κ3) is 3.67. The molecule has 2 nitrogen and oxygen atoms in total. The van der Waals surface area contributed by atoms with Gasteiger partial charge < -0.3 is 9.80 Å². The van der Waals surface area contributed by atoms with E-state index in [2.05, 4.69) is 158 Å². The van der Waals surface area contributed by atoms with Crippen LogP contribution in [0.1, 0.15) is 20.8 Å². The minimum atomic E-state index is -0.0838. The van der Waals surface area contributed by atoms with Crippen molar-refractivity contribution in [2.45, 2.75) is 26.3 Å². The van der Waals surface area contributed by atoms with Crippen molar-refractivity contribution in [1.82, 2.24) is 0 Å². The van der Waals surface area contributed by atoms with Crippen molar-refractivity contribution in [3.63, 3.8) is 0 Å². The number of fused-ring (bicyclic) bond motifs is 2. The monoisotopic (exact) mass is 466 g/mol. The van der Waals surface area contributed by atoms with Crippen LogP contribution in [0.25, 0.3) is 22.3 Å². The predicted octanol–water partition coefficient (Wildman–Crippen LogP) is 9.74. The van der Waals surface area contributed by atoms with E-state index in [1.165, 1.54) is 50.7 Å². The summed E-state index contributed by atoms with van der Waals surface area (Å²) in [6.45, 7) is 6.84. The van der Waals surface area contributed by atoms with Crippen LogP contribution in [0.3, 0.4) is 0 Å². The summed E-state index contributed by atoms with van der Waals surface area (Å²) >= 11 is 0. The molecule has 0 amide bonds. The van der Waals surface area contributed by atoms with Crippen molar-refractivity contribution in [2.24, 2.45) is 0 Å². The average molecular weight is 467 g/mol. The Morgan fingerprint density at radius 1 is 0.417 bits per heavy atom. The van der Waals surface area contributed by atoms with Crippen molar-refractivity contribution in [3.8, 4) is 22.3 Å². The zero-order chi connectivity index (χ0) is 24.7. The first-order chi connectivity index (χ1) is 17.5. The normalized spacial score (nSPS) is 12.8. The minimum absolute atomic E-state index is 0.0838. The Morgan fingerprint density at radius 2 is 0.806 bits per heavy atom. The molecule has 0 atom stereocenters. The molecule has 6 rings (SSSR count). The van der Waals surface area contributed by atoms with E-state index in [0.29, 0.717) is 0 Å². The third-order valence-corrected chi connectivity index (χ3v) is 6.83. The molecule has 0 saturated carbocycles. The Kier molecular flexibility index (Phi) is 5.38. The molecule has 36 heavy (non-hydrogen) atoms. The zero-order valence-electron chi connectivity index (χ0n) is 21.0. The molecule has 1 aliphatic heterocycles. The Labute approximate surface area is 214 Å². The van der Waals surface area contributed by atoms with Crippen molar-refractivity contribution >= 4 is 28.4 Å². The molecule has 0 unspecified atom stereocenters. The number of rotatable bonds is 3. The van der Waals surface area contributed by atoms with E-state index in [-0.39, 0.29) is 5.54 Å². The first-order valence-electron chi connectivity index (χ1n) is 12.6. The lowest BCUT2D eigenvalue weighted by molar-refractivity contribution is 0.559. The van der Waals surface area contributed by atoms with E-state index in [0.717, 1.165) is 0 Å². The Balaban J connectivity index is 1.72. The SMILES string of the molecule is CC(C)(C)N1c2ccccc2N(c2c(-c3ccccc3)cccc2-c2ccccc2)c2ccccc21. The van der Waals surface area contributed by atoms with Crippen LogP contribution >= 0.6 is 0 Å². The summed E-state index contributed by atoms with van der Waals surface area (Å²) < 4.78 is 0. The highest BCUT2D eigenvalue weighted by atomic mass is 15.3. The first kappa shape index (κ1) is 22.2. The standard InChI is InChI=1S/C34H30N2/c1-34(2,3)36-31-23-12-10-21-29(31)35(30-22-11-13-24-32(30)36)33-27(25-15-6-4-7-16-25)19-14-20-28(33)26-17-8-5-9-18-26/h4-24H,1-3H3. The van der Waals surface area contributed by atoms with Gasteiger partial charge in [0.15, 0.2) is 0 Å². The predicted molar refractivity (Wildman–Crippen MR) is 154 cm³/mol. The largest absolute Gasteiger partial charge is 0.333 e. The maximum Gasteiger partial charge on any atom is 0.0700 e. The molecule has 0 bridgehead atoms. The van der Waals surface area contributed by atoms with Gasteiger partial charge in [-0.15, -0.1) is 0 Å². The van der Waals surface area contributed by atoms with Gasteiger partial charge in [0.2, 0.25) is 0 Å². The smallest absolute Gasteiger partial charge is 0.0700 e. The molecule has 0 radical (unpaired) electrons. The fraction of sp³-hybridized carbons (Fsp3) is 0.118. The highest BCUT2D eigenvalue weighted by Gasteiger charge is 2.36. The van der Waals surface area contributed by atoms with Gasteiger partial charge in [-0.1, -0.05) is 103 Å². The van der Waals surface area contributed by atoms with Gasteiger partial charge in [0.25, 0.3) is 0 Å². The molecule has 0 aliphatic carbocycles. The van der Waals surface area contributed by atoms with Crippen LogP contribution in [0.2, 0.25) is 0 Å². The van der Waals surface area contributed by atoms with Gasteiger partial charge in [0.05, 0.1) is 28.4 Å². The highest BCUT2D eigenvalue weighted by molar-refractivity contribution is 6.05. The summed E-state index contributed by atoms with van der Waals surface area (Å²) in [7, 11) is 0. The maximum atomic E-state index is 2.47. The molecule has 2 heteroatoms. The number of hydrogen-bond donors (Lipinski definition) is 0. The topological polar surface area (TPSA) is 6.48 Å². The number of benzene rings is 5. The fourth-order valence-corrected chi connectivity index (χ4v) is 5.39. The number of anilines is 5. The van der Waals surface area contributed by atoms with Crippen LogP contribution in [-0.2, 0) is 0 Å². The summed E-state index contributed by atoms with van der Waals surface area (Å²) in [6, 6.07) is 45.7. The van der Waals surface area contributed by atoms with Gasteiger partial charge in [-0.3, -0.25) is 0 Å². The molecular formula is C34H30N2. The lowest BCUT2D eigenvalue weighted by Crippen LogP contribution is -2.41. The van der Waals surface area contributed by atoms with Crippen LogP contribution in [0, 0.1) is 0 Å². The highest BCUT2D eigenvalue weighted by Crippen LogP contribution is 2.56. The molecule has 0 fully saturated rings. The van der Waals surface area contributed by atoms with Crippen molar-refractivity contribution in [3.05, 3.63) is 127 Å². The summed E-state index contributed by atoms with van der Waals surface area (Å²) in [5.41, 5.74) is 10.8. The summed E-state index contributed by atoms with van der Waals surface area (Å²) in [6.07, 6.45) is 0. The van der Waals surface area contributed by atoms with Gasteiger partial charge in [-0.05, 0) is 56.2 Å². The second kappa shape index (κ2) is 8.73. The molecule has 0 spiro atoms. The van der Waals surface area contributed by atoms with Gasteiger partial charge in [0.1, 0.15) is 0 Å². The molecule has 1 aliphatic rings. The Bertz CT molecular complexity index is 1410. The Morgan fingerprint density at radius 3 is 1.22 bits per heavy atom. The third-order valence-electron chi connectivity index (χ3n) is 6.83. The van der Waals surface area contributed by atoms with Crippen molar-refractivity contribution in [1.29, 1.82) is 0 Å². The van der Waals surface area contributed by atoms with Gasteiger partial charge in [-0.25, -0.2) is 0 Å². The number of hydrogen-bond acceptors (Lipinski definition) is 2. The fourth-order valence-electron chi connectivity index (χ4n) is 5.39. The number of nitrogens with zero attached hydrogens (tertiary/aromatic N) is 2. The Hall–Kier alpha value is -4.30. The van der Waals surface area contributed by atoms with E-state index in [1.807, 2.05) is 0 Å². The minimum Gasteiger partial charge on any atom is -0.333 e. The van der Waals surface area contributed by atoms with Crippen LogP contribution in [0.5, 0.6) is 0 Å². The average Bonchev–Trinajstić information content (AvgIpc) is 2.91. The molecule has 5 aromatic rings. The quantitative estimate of drug-likeness (QED) is 0.261. The molecular weight excluding hydrogens is 436 g/mol. The van der Waals surface area contributed by atoms with E-state index < -0.39 is 0 Å². The second-order valence-electron chi connectivity index (χ2n) is 10.3.